The molecule has 0 radical (unpaired) electrons. The summed E-state index contributed by atoms with van der Waals surface area (Å²) in [6, 6.07) is 7.93. The molecule has 13 heavy (non-hydrogen) atoms. The molecule has 1 aromatic rings. The van der Waals surface area contributed by atoms with Gasteiger partial charge in [-0.1, -0.05) is 39.9 Å². The van der Waals surface area contributed by atoms with E-state index in [1.165, 1.54) is 5.56 Å². The monoisotopic (exact) mass is 236 g/mol. The molecule has 1 rings (SSSR count). The predicted molar refractivity (Wildman–Crippen MR) is 56.6 cm³/mol. The van der Waals surface area contributed by atoms with Crippen molar-refractivity contribution in [3.05, 3.63) is 35.4 Å². The van der Waals surface area contributed by atoms with Crippen molar-refractivity contribution in [2.45, 2.75) is 11.8 Å². The van der Waals surface area contributed by atoms with Crippen LogP contribution in [0, 0.1) is 11.8 Å². The van der Waals surface area contributed by atoms with Gasteiger partial charge in [-0.15, -0.1) is 0 Å². The van der Waals surface area contributed by atoms with Crippen LogP contribution in [0.25, 0.3) is 0 Å². The van der Waals surface area contributed by atoms with Gasteiger partial charge in [0.05, 0.1) is 6.42 Å². The van der Waals surface area contributed by atoms with Gasteiger partial charge in [-0.3, -0.25) is 0 Å². The van der Waals surface area contributed by atoms with Crippen LogP contribution in [0.5, 0.6) is 0 Å². The van der Waals surface area contributed by atoms with E-state index >= 15 is 0 Å². The number of carbonyl (C=O) groups excluding carboxylic acids is 1. The van der Waals surface area contributed by atoms with E-state index in [0.29, 0.717) is 6.42 Å². The molecular formula is C11H9BrO. The molecule has 0 unspecified atom stereocenters. The van der Waals surface area contributed by atoms with Crippen LogP contribution in [0.15, 0.2) is 24.3 Å². The summed E-state index contributed by atoms with van der Waals surface area (Å²) in [5.41, 5.74) is 2.15. The molecule has 2 heteroatoms. The molecule has 0 heterocycles. The van der Waals surface area contributed by atoms with Crippen molar-refractivity contribution in [2.75, 3.05) is 0 Å². The van der Waals surface area contributed by atoms with Gasteiger partial charge in [0.15, 0.2) is 0 Å². The predicted octanol–water partition coefficient (Wildman–Crippen LogP) is 2.52. The van der Waals surface area contributed by atoms with Crippen LogP contribution in [-0.2, 0) is 10.1 Å². The fourth-order valence-electron chi connectivity index (χ4n) is 0.927. The Kier molecular flexibility index (Phi) is 4.28. The number of alkyl halides is 1. The first-order valence-electron chi connectivity index (χ1n) is 3.94. The van der Waals surface area contributed by atoms with Gasteiger partial charge in [0.1, 0.15) is 6.29 Å². The van der Waals surface area contributed by atoms with Crippen LogP contribution in [0.4, 0.5) is 0 Å². The van der Waals surface area contributed by atoms with Crippen LogP contribution in [0.1, 0.15) is 17.5 Å². The lowest BCUT2D eigenvalue weighted by Crippen LogP contribution is -1.79. The fraction of sp³-hybridized carbons (Fsp3) is 0.182. The summed E-state index contributed by atoms with van der Waals surface area (Å²) < 4.78 is 0. The lowest BCUT2D eigenvalue weighted by atomic mass is 10.1. The Balaban J connectivity index is 2.78. The molecule has 0 amide bonds. The van der Waals surface area contributed by atoms with Gasteiger partial charge in [0.2, 0.25) is 0 Å². The average molecular weight is 237 g/mol. The number of rotatable bonds is 2. The molecule has 0 saturated carbocycles. The Labute approximate surface area is 86.3 Å². The fourth-order valence-corrected chi connectivity index (χ4v) is 1.28. The molecule has 0 aromatic heterocycles. The molecule has 0 spiro atoms. The summed E-state index contributed by atoms with van der Waals surface area (Å²) >= 11 is 3.37. The maximum absolute atomic E-state index is 10.0. The normalized spacial score (nSPS) is 8.69. The minimum Gasteiger partial charge on any atom is -0.302 e. The van der Waals surface area contributed by atoms with Gasteiger partial charge < -0.3 is 4.79 Å². The van der Waals surface area contributed by atoms with Crippen LogP contribution in [-0.4, -0.2) is 6.29 Å². The maximum atomic E-state index is 10.0. The third kappa shape index (κ3) is 3.43. The van der Waals surface area contributed by atoms with Crippen LogP contribution < -0.4 is 0 Å². The van der Waals surface area contributed by atoms with Crippen LogP contribution >= 0.6 is 15.9 Å². The van der Waals surface area contributed by atoms with Crippen LogP contribution in [0.2, 0.25) is 0 Å². The highest BCUT2D eigenvalue weighted by atomic mass is 79.9. The first-order valence-corrected chi connectivity index (χ1v) is 5.06. The molecule has 66 valence electrons. The third-order valence-corrected chi connectivity index (χ3v) is 2.15. The Morgan fingerprint density at radius 3 is 3.00 bits per heavy atom. The van der Waals surface area contributed by atoms with Gasteiger partial charge in [-0.2, -0.15) is 0 Å². The Morgan fingerprint density at radius 1 is 1.46 bits per heavy atom. The second kappa shape index (κ2) is 5.55. The zero-order valence-electron chi connectivity index (χ0n) is 7.09. The highest BCUT2D eigenvalue weighted by molar-refractivity contribution is 9.08. The van der Waals surface area contributed by atoms with Gasteiger partial charge >= 0.3 is 0 Å². The van der Waals surface area contributed by atoms with E-state index in [1.54, 1.807) is 0 Å². The van der Waals surface area contributed by atoms with Gasteiger partial charge in [0.25, 0.3) is 0 Å². The maximum Gasteiger partial charge on any atom is 0.131 e. The van der Waals surface area contributed by atoms with E-state index in [1.807, 2.05) is 24.3 Å². The first kappa shape index (κ1) is 10.0. The molecule has 0 aliphatic heterocycles. The van der Waals surface area contributed by atoms with E-state index in [0.717, 1.165) is 17.2 Å². The van der Waals surface area contributed by atoms with E-state index in [4.69, 9.17) is 0 Å². The quantitative estimate of drug-likeness (QED) is 0.439. The summed E-state index contributed by atoms with van der Waals surface area (Å²) in [4.78, 5) is 10.0. The van der Waals surface area contributed by atoms with Crippen molar-refractivity contribution >= 4 is 22.2 Å². The van der Waals surface area contributed by atoms with Gasteiger partial charge in [0, 0.05) is 10.9 Å². The van der Waals surface area contributed by atoms with E-state index < -0.39 is 0 Å². The largest absolute Gasteiger partial charge is 0.302 e. The Hall–Kier alpha value is -1.07. The SMILES string of the molecule is O=CCC#Cc1cccc(CBr)c1. The molecule has 1 nitrogen and oxygen atoms in total. The lowest BCUT2D eigenvalue weighted by molar-refractivity contribution is -0.107. The molecule has 0 N–H and O–H groups in total. The molecular weight excluding hydrogens is 228 g/mol. The van der Waals surface area contributed by atoms with E-state index in [2.05, 4.69) is 27.8 Å². The number of halogens is 1. The average Bonchev–Trinajstić information content (AvgIpc) is 2.19. The lowest BCUT2D eigenvalue weighted by Gasteiger charge is -1.94. The molecule has 0 bridgehead atoms. The van der Waals surface area contributed by atoms with Crippen molar-refractivity contribution in [3.63, 3.8) is 0 Å². The van der Waals surface area contributed by atoms with Gasteiger partial charge in [-0.25, -0.2) is 0 Å². The number of aldehydes is 1. The highest BCUT2D eigenvalue weighted by Gasteiger charge is 1.90. The zero-order chi connectivity index (χ0) is 9.52. The van der Waals surface area contributed by atoms with Crippen molar-refractivity contribution < 1.29 is 4.79 Å². The van der Waals surface area contributed by atoms with Crippen molar-refractivity contribution in [3.8, 4) is 11.8 Å². The molecule has 0 aliphatic carbocycles. The van der Waals surface area contributed by atoms with Crippen molar-refractivity contribution in [1.82, 2.24) is 0 Å². The number of benzene rings is 1. The summed E-state index contributed by atoms with van der Waals surface area (Å²) in [6.07, 6.45) is 1.11. The number of carbonyl (C=O) groups is 1. The third-order valence-electron chi connectivity index (χ3n) is 1.50. The van der Waals surface area contributed by atoms with Crippen molar-refractivity contribution in [1.29, 1.82) is 0 Å². The van der Waals surface area contributed by atoms with E-state index in [9.17, 15) is 4.79 Å². The minimum atomic E-state index is 0.304. The highest BCUT2D eigenvalue weighted by Crippen LogP contribution is 2.07. The Bertz CT molecular complexity index is 347. The van der Waals surface area contributed by atoms with Gasteiger partial charge in [-0.05, 0) is 17.7 Å². The second-order valence-electron chi connectivity index (χ2n) is 2.51. The molecule has 0 saturated heterocycles. The smallest absolute Gasteiger partial charge is 0.131 e. The Morgan fingerprint density at radius 2 is 2.31 bits per heavy atom. The standard InChI is InChI=1S/C11H9BrO/c12-9-11-6-3-5-10(8-11)4-1-2-7-13/h3,5-8H,2,9H2. The van der Waals surface area contributed by atoms with Crippen molar-refractivity contribution in [2.24, 2.45) is 0 Å². The summed E-state index contributed by atoms with van der Waals surface area (Å²) in [6.45, 7) is 0. The zero-order valence-corrected chi connectivity index (χ0v) is 8.67. The minimum absolute atomic E-state index is 0.304. The van der Waals surface area contributed by atoms with Crippen LogP contribution in [0.3, 0.4) is 0 Å². The summed E-state index contributed by atoms with van der Waals surface area (Å²) in [7, 11) is 0. The molecule has 1 aromatic carbocycles. The summed E-state index contributed by atoms with van der Waals surface area (Å²) in [5.74, 6) is 5.69. The summed E-state index contributed by atoms with van der Waals surface area (Å²) in [5, 5.41) is 0.830. The first-order chi connectivity index (χ1) is 6.36. The van der Waals surface area contributed by atoms with E-state index in [-0.39, 0.29) is 0 Å². The molecule has 0 aliphatic rings. The topological polar surface area (TPSA) is 17.1 Å². The number of hydrogen-bond donors (Lipinski definition) is 0. The molecule has 0 atom stereocenters. The second-order valence-corrected chi connectivity index (χ2v) is 3.07. The molecule has 0 fully saturated rings. The number of hydrogen-bond acceptors (Lipinski definition) is 1.